The van der Waals surface area contributed by atoms with Gasteiger partial charge in [-0.1, -0.05) is 12.8 Å². The Kier molecular flexibility index (Phi) is 7.62. The van der Waals surface area contributed by atoms with Crippen LogP contribution in [0.2, 0.25) is 0 Å². The van der Waals surface area contributed by atoms with Crippen molar-refractivity contribution in [1.29, 1.82) is 0 Å². The minimum Gasteiger partial charge on any atom is -0.481 e. The molecule has 1 aliphatic rings. The third-order valence-corrected chi connectivity index (χ3v) is 3.43. The summed E-state index contributed by atoms with van der Waals surface area (Å²) in [7, 11) is 0. The van der Waals surface area contributed by atoms with E-state index in [4.69, 9.17) is 16.3 Å². The molecule has 1 saturated heterocycles. The van der Waals surface area contributed by atoms with Gasteiger partial charge in [-0.25, -0.2) is 4.79 Å². The maximum atomic E-state index is 12.3. The van der Waals surface area contributed by atoms with Gasteiger partial charge in [0.15, 0.2) is 0 Å². The lowest BCUT2D eigenvalue weighted by Gasteiger charge is -2.35. The van der Waals surface area contributed by atoms with E-state index in [2.05, 4.69) is 5.92 Å². The zero-order valence-electron chi connectivity index (χ0n) is 12.6. The van der Waals surface area contributed by atoms with Crippen molar-refractivity contribution in [2.75, 3.05) is 32.8 Å². The number of likely N-dealkylation sites (tertiary alicyclic amines) is 1. The van der Waals surface area contributed by atoms with Crippen molar-refractivity contribution in [3.05, 3.63) is 0 Å². The normalized spacial score (nSPS) is 15.5. The lowest BCUT2D eigenvalue weighted by molar-refractivity contribution is -0.138. The minimum absolute atomic E-state index is 0.0150. The van der Waals surface area contributed by atoms with Crippen LogP contribution in [-0.2, 0) is 9.53 Å². The van der Waals surface area contributed by atoms with E-state index >= 15 is 0 Å². The van der Waals surface area contributed by atoms with E-state index in [0.717, 1.165) is 19.3 Å². The van der Waals surface area contributed by atoms with Gasteiger partial charge >= 0.3 is 12.0 Å². The molecule has 6 heteroatoms. The van der Waals surface area contributed by atoms with Crippen LogP contribution in [0.15, 0.2) is 0 Å². The van der Waals surface area contributed by atoms with E-state index in [-0.39, 0.29) is 25.2 Å². The minimum atomic E-state index is -0.855. The van der Waals surface area contributed by atoms with Gasteiger partial charge in [-0.3, -0.25) is 4.79 Å². The van der Waals surface area contributed by atoms with Gasteiger partial charge in [0.05, 0.1) is 25.7 Å². The molecule has 2 amide bonds. The monoisotopic (exact) mass is 296 g/mol. The molecule has 0 aromatic rings. The Morgan fingerprint density at radius 1 is 1.43 bits per heavy atom. The number of piperidine rings is 1. The number of nitrogens with zero attached hydrogens (tertiary/aromatic N) is 2. The van der Waals surface area contributed by atoms with Crippen LogP contribution < -0.4 is 0 Å². The topological polar surface area (TPSA) is 70.1 Å². The molecule has 1 fully saturated rings. The Hall–Kier alpha value is -1.74. The number of hydrogen-bond acceptors (Lipinski definition) is 3. The van der Waals surface area contributed by atoms with Gasteiger partial charge in [0.1, 0.15) is 0 Å². The quantitative estimate of drug-likeness (QED) is 0.721. The van der Waals surface area contributed by atoms with Gasteiger partial charge in [-0.2, -0.15) is 0 Å². The molecule has 1 heterocycles. The average molecular weight is 296 g/mol. The maximum Gasteiger partial charge on any atom is 0.320 e. The first-order valence-corrected chi connectivity index (χ1v) is 7.39. The fourth-order valence-corrected chi connectivity index (χ4v) is 2.35. The second kappa shape index (κ2) is 9.24. The first-order chi connectivity index (χ1) is 10.1. The van der Waals surface area contributed by atoms with Crippen LogP contribution in [-0.4, -0.2) is 65.8 Å². The molecule has 0 radical (unpaired) electrons. The molecular formula is C15H24N2O4. The Morgan fingerprint density at radius 2 is 2.10 bits per heavy atom. The molecule has 0 aromatic heterocycles. The second-order valence-corrected chi connectivity index (χ2v) is 5.11. The fourth-order valence-electron chi connectivity index (χ4n) is 2.35. The summed E-state index contributed by atoms with van der Waals surface area (Å²) in [6.45, 7) is 4.49. The molecule has 0 saturated carbocycles. The summed E-state index contributed by atoms with van der Waals surface area (Å²) in [5.74, 6) is 1.66. The smallest absolute Gasteiger partial charge is 0.320 e. The second-order valence-electron chi connectivity index (χ2n) is 5.11. The molecule has 0 bridgehead atoms. The van der Waals surface area contributed by atoms with Crippen LogP contribution in [0.4, 0.5) is 4.79 Å². The molecule has 6 nitrogen and oxygen atoms in total. The number of carbonyl (C=O) groups is 2. The summed E-state index contributed by atoms with van der Waals surface area (Å²) in [4.78, 5) is 26.2. The van der Waals surface area contributed by atoms with Gasteiger partial charge in [-0.05, 0) is 19.3 Å². The number of carboxylic acids is 1. The highest BCUT2D eigenvalue weighted by atomic mass is 16.5. The largest absolute Gasteiger partial charge is 0.481 e. The molecule has 0 atom stereocenters. The van der Waals surface area contributed by atoms with Gasteiger partial charge in [0.25, 0.3) is 0 Å². The number of hydrogen-bond donors (Lipinski definition) is 1. The number of rotatable bonds is 7. The van der Waals surface area contributed by atoms with Crippen LogP contribution in [0, 0.1) is 12.3 Å². The van der Waals surface area contributed by atoms with Crippen molar-refractivity contribution in [3.8, 4) is 12.3 Å². The van der Waals surface area contributed by atoms with E-state index in [1.165, 1.54) is 0 Å². The molecule has 0 aromatic carbocycles. The lowest BCUT2D eigenvalue weighted by Crippen LogP contribution is -2.48. The lowest BCUT2D eigenvalue weighted by atomic mass is 10.1. The van der Waals surface area contributed by atoms with Crippen molar-refractivity contribution in [2.24, 2.45) is 0 Å². The molecule has 0 spiro atoms. The predicted octanol–water partition coefficient (Wildman–Crippen LogP) is 1.41. The Morgan fingerprint density at radius 3 is 2.62 bits per heavy atom. The van der Waals surface area contributed by atoms with Crippen molar-refractivity contribution in [1.82, 2.24) is 9.80 Å². The Labute approximate surface area is 126 Å². The standard InChI is InChI=1S/C15H24N2O4/c1-3-8-16(9-4-2)15(20)17-10-5-13(6-11-17)21-12-7-14(18)19/h1,13H,4-12H2,2H3,(H,18,19). The first kappa shape index (κ1) is 17.3. The molecule has 0 unspecified atom stereocenters. The fraction of sp³-hybridized carbons (Fsp3) is 0.733. The molecular weight excluding hydrogens is 272 g/mol. The van der Waals surface area contributed by atoms with Gasteiger partial charge < -0.3 is 19.6 Å². The van der Waals surface area contributed by atoms with E-state index in [1.54, 1.807) is 9.80 Å². The van der Waals surface area contributed by atoms with Gasteiger partial charge in [0, 0.05) is 19.6 Å². The molecule has 21 heavy (non-hydrogen) atoms. The summed E-state index contributed by atoms with van der Waals surface area (Å²) in [6.07, 6.45) is 7.71. The highest BCUT2D eigenvalue weighted by molar-refractivity contribution is 5.74. The molecule has 1 rings (SSSR count). The van der Waals surface area contributed by atoms with E-state index < -0.39 is 5.97 Å². The van der Waals surface area contributed by atoms with Gasteiger partial charge in [-0.15, -0.1) is 6.42 Å². The van der Waals surface area contributed by atoms with Crippen molar-refractivity contribution in [2.45, 2.75) is 38.7 Å². The number of urea groups is 1. The predicted molar refractivity (Wildman–Crippen MR) is 78.9 cm³/mol. The number of terminal acetylenes is 1. The van der Waals surface area contributed by atoms with Crippen LogP contribution in [0.25, 0.3) is 0 Å². The Bertz CT molecular complexity index is 384. The number of carbonyl (C=O) groups excluding carboxylic acids is 1. The summed E-state index contributed by atoms with van der Waals surface area (Å²) in [6, 6.07) is -0.0150. The Balaban J connectivity index is 2.35. The number of ether oxygens (including phenoxy) is 1. The highest BCUT2D eigenvalue weighted by Crippen LogP contribution is 2.15. The summed E-state index contributed by atoms with van der Waals surface area (Å²) < 4.78 is 5.51. The van der Waals surface area contributed by atoms with Crippen LogP contribution in [0.3, 0.4) is 0 Å². The van der Waals surface area contributed by atoms with Crippen molar-refractivity contribution >= 4 is 12.0 Å². The van der Waals surface area contributed by atoms with Crippen LogP contribution >= 0.6 is 0 Å². The number of amides is 2. The van der Waals surface area contributed by atoms with E-state index in [0.29, 0.717) is 26.2 Å². The van der Waals surface area contributed by atoms with Crippen molar-refractivity contribution in [3.63, 3.8) is 0 Å². The summed E-state index contributed by atoms with van der Waals surface area (Å²) >= 11 is 0. The van der Waals surface area contributed by atoms with E-state index in [9.17, 15) is 9.59 Å². The number of aliphatic carboxylic acids is 1. The van der Waals surface area contributed by atoms with Crippen LogP contribution in [0.5, 0.6) is 0 Å². The summed E-state index contributed by atoms with van der Waals surface area (Å²) in [5, 5.41) is 8.57. The first-order valence-electron chi connectivity index (χ1n) is 7.39. The molecule has 1 aliphatic heterocycles. The van der Waals surface area contributed by atoms with Gasteiger partial charge in [0.2, 0.25) is 0 Å². The zero-order valence-corrected chi connectivity index (χ0v) is 12.6. The highest BCUT2D eigenvalue weighted by Gasteiger charge is 2.26. The molecule has 118 valence electrons. The van der Waals surface area contributed by atoms with Crippen LogP contribution in [0.1, 0.15) is 32.6 Å². The average Bonchev–Trinajstić information content (AvgIpc) is 2.47. The zero-order chi connectivity index (χ0) is 15.7. The van der Waals surface area contributed by atoms with E-state index in [1.807, 2.05) is 6.92 Å². The number of carboxylic acid groups (broad SMARTS) is 1. The third-order valence-electron chi connectivity index (χ3n) is 3.43. The van der Waals surface area contributed by atoms with Crippen molar-refractivity contribution < 1.29 is 19.4 Å². The maximum absolute atomic E-state index is 12.3. The molecule has 0 aliphatic carbocycles. The molecule has 1 N–H and O–H groups in total. The SMILES string of the molecule is C#CCN(CCC)C(=O)N1CCC(OCCC(=O)O)CC1. The summed E-state index contributed by atoms with van der Waals surface area (Å²) in [5.41, 5.74) is 0. The third kappa shape index (κ3) is 6.05.